The zero-order valence-electron chi connectivity index (χ0n) is 8.55. The standard InChI is InChI=1S/C10H10ClNO2S2/c1-7(6-11)15-10-8-4-2-3-5-9(8)16(13,14)12-10/h2-5,7H,6H2,1H3. The minimum atomic E-state index is -3.48. The molecule has 1 heterocycles. The fraction of sp³-hybridized carbons (Fsp3) is 0.300. The Morgan fingerprint density at radius 1 is 1.44 bits per heavy atom. The highest BCUT2D eigenvalue weighted by Crippen LogP contribution is 2.32. The highest BCUT2D eigenvalue weighted by Gasteiger charge is 2.29. The van der Waals surface area contributed by atoms with Crippen molar-refractivity contribution in [3.63, 3.8) is 0 Å². The largest absolute Gasteiger partial charge is 0.284 e. The first kappa shape index (κ1) is 12.0. The van der Waals surface area contributed by atoms with Gasteiger partial charge in [-0.25, -0.2) is 0 Å². The van der Waals surface area contributed by atoms with Crippen molar-refractivity contribution in [2.24, 2.45) is 4.40 Å². The molecule has 1 atom stereocenters. The van der Waals surface area contributed by atoms with E-state index in [-0.39, 0.29) is 5.25 Å². The fourth-order valence-corrected chi connectivity index (χ4v) is 3.96. The molecular formula is C10H10ClNO2S2. The van der Waals surface area contributed by atoms with Gasteiger partial charge >= 0.3 is 0 Å². The molecule has 0 N–H and O–H groups in total. The number of hydrogen-bond acceptors (Lipinski definition) is 3. The maximum atomic E-state index is 11.7. The second-order valence-corrected chi connectivity index (χ2v) is 6.76. The van der Waals surface area contributed by atoms with Crippen molar-refractivity contribution < 1.29 is 8.42 Å². The van der Waals surface area contributed by atoms with Gasteiger partial charge in [0.1, 0.15) is 5.04 Å². The smallest absolute Gasteiger partial charge is 0.199 e. The summed E-state index contributed by atoms with van der Waals surface area (Å²) in [6.45, 7) is 1.94. The van der Waals surface area contributed by atoms with Crippen LogP contribution in [0.4, 0.5) is 0 Å². The normalized spacial score (nSPS) is 19.0. The zero-order valence-corrected chi connectivity index (χ0v) is 10.9. The van der Waals surface area contributed by atoms with E-state index in [4.69, 9.17) is 11.6 Å². The predicted octanol–water partition coefficient (Wildman–Crippen LogP) is 2.50. The van der Waals surface area contributed by atoms with E-state index in [2.05, 4.69) is 4.40 Å². The maximum Gasteiger partial charge on any atom is 0.284 e. The van der Waals surface area contributed by atoms with Gasteiger partial charge in [0.15, 0.2) is 0 Å². The third-order valence-corrected chi connectivity index (χ3v) is 5.33. The molecule has 3 nitrogen and oxygen atoms in total. The summed E-state index contributed by atoms with van der Waals surface area (Å²) >= 11 is 7.09. The summed E-state index contributed by atoms with van der Waals surface area (Å²) in [4.78, 5) is 0.291. The lowest BCUT2D eigenvalue weighted by molar-refractivity contribution is 0.599. The first-order chi connectivity index (χ1) is 7.54. The first-order valence-electron chi connectivity index (χ1n) is 4.71. The number of fused-ring (bicyclic) bond motifs is 1. The van der Waals surface area contributed by atoms with Gasteiger partial charge in [-0.1, -0.05) is 25.1 Å². The fourth-order valence-electron chi connectivity index (χ4n) is 1.38. The highest BCUT2D eigenvalue weighted by atomic mass is 35.5. The van der Waals surface area contributed by atoms with Gasteiger partial charge in [0, 0.05) is 16.7 Å². The average Bonchev–Trinajstić information content (AvgIpc) is 2.51. The first-order valence-corrected chi connectivity index (χ1v) is 7.57. The minimum Gasteiger partial charge on any atom is -0.199 e. The number of rotatable bonds is 2. The van der Waals surface area contributed by atoms with Crippen LogP contribution in [0.15, 0.2) is 33.6 Å². The van der Waals surface area contributed by atoms with Crippen LogP contribution >= 0.6 is 23.4 Å². The molecule has 0 bridgehead atoms. The molecule has 0 aromatic heterocycles. The van der Waals surface area contributed by atoms with Gasteiger partial charge < -0.3 is 0 Å². The summed E-state index contributed by atoms with van der Waals surface area (Å²) in [6.07, 6.45) is 0. The lowest BCUT2D eigenvalue weighted by Gasteiger charge is -2.06. The van der Waals surface area contributed by atoms with Crippen LogP contribution in [0.25, 0.3) is 0 Å². The van der Waals surface area contributed by atoms with Crippen molar-refractivity contribution in [1.29, 1.82) is 0 Å². The number of alkyl halides is 1. The van der Waals surface area contributed by atoms with Crippen molar-refractivity contribution in [2.45, 2.75) is 17.1 Å². The summed E-state index contributed by atoms with van der Waals surface area (Å²) in [7, 11) is -3.48. The van der Waals surface area contributed by atoms with Crippen LogP contribution in [0.5, 0.6) is 0 Å². The monoisotopic (exact) mass is 275 g/mol. The van der Waals surface area contributed by atoms with Gasteiger partial charge in [-0.3, -0.25) is 0 Å². The molecule has 1 aromatic rings. The van der Waals surface area contributed by atoms with E-state index in [1.807, 2.05) is 6.92 Å². The predicted molar refractivity (Wildman–Crippen MR) is 67.9 cm³/mol. The van der Waals surface area contributed by atoms with Gasteiger partial charge in [0.25, 0.3) is 10.0 Å². The van der Waals surface area contributed by atoms with Crippen molar-refractivity contribution in [1.82, 2.24) is 0 Å². The third-order valence-electron chi connectivity index (χ3n) is 2.13. The van der Waals surface area contributed by atoms with Crippen LogP contribution in [0.2, 0.25) is 0 Å². The van der Waals surface area contributed by atoms with Crippen LogP contribution in [-0.2, 0) is 10.0 Å². The van der Waals surface area contributed by atoms with E-state index in [0.29, 0.717) is 21.4 Å². The lowest BCUT2D eigenvalue weighted by atomic mass is 10.2. The molecule has 0 fully saturated rings. The van der Waals surface area contributed by atoms with Crippen LogP contribution < -0.4 is 0 Å². The lowest BCUT2D eigenvalue weighted by Crippen LogP contribution is -2.03. The minimum absolute atomic E-state index is 0.141. The van der Waals surface area contributed by atoms with E-state index in [1.165, 1.54) is 11.8 Å². The SMILES string of the molecule is CC(CCl)SC1=NS(=O)(=O)c2ccccc21. The Morgan fingerprint density at radius 3 is 2.81 bits per heavy atom. The Morgan fingerprint density at radius 2 is 2.12 bits per heavy atom. The molecule has 86 valence electrons. The van der Waals surface area contributed by atoms with Crippen molar-refractivity contribution in [3.8, 4) is 0 Å². The summed E-state index contributed by atoms with van der Waals surface area (Å²) in [6, 6.07) is 6.85. The molecule has 0 saturated carbocycles. The molecule has 6 heteroatoms. The van der Waals surface area contributed by atoms with Crippen LogP contribution in [0.1, 0.15) is 12.5 Å². The number of hydrogen-bond donors (Lipinski definition) is 0. The summed E-state index contributed by atoms with van der Waals surface area (Å²) in [5.41, 5.74) is 0.685. The number of benzene rings is 1. The Labute approximate surface area is 104 Å². The second kappa shape index (κ2) is 4.39. The average molecular weight is 276 g/mol. The number of halogens is 1. The highest BCUT2D eigenvalue weighted by molar-refractivity contribution is 8.16. The Balaban J connectivity index is 2.43. The van der Waals surface area contributed by atoms with Crippen LogP contribution in [0.3, 0.4) is 0 Å². The summed E-state index contributed by atoms with van der Waals surface area (Å²) < 4.78 is 27.2. The number of nitrogens with zero attached hydrogens (tertiary/aromatic N) is 1. The van der Waals surface area contributed by atoms with Crippen LogP contribution in [0, 0.1) is 0 Å². The molecule has 1 aliphatic rings. The Bertz CT molecular complexity index is 540. The summed E-state index contributed by atoms with van der Waals surface area (Å²) in [5, 5.41) is 0.686. The molecule has 2 rings (SSSR count). The van der Waals surface area contributed by atoms with Crippen molar-refractivity contribution in [3.05, 3.63) is 29.8 Å². The topological polar surface area (TPSA) is 46.5 Å². The van der Waals surface area contributed by atoms with E-state index in [0.717, 1.165) is 0 Å². The van der Waals surface area contributed by atoms with E-state index >= 15 is 0 Å². The van der Waals surface area contributed by atoms with Gasteiger partial charge in [0.05, 0.1) is 4.90 Å². The zero-order chi connectivity index (χ0) is 11.8. The molecule has 0 aliphatic carbocycles. The maximum absolute atomic E-state index is 11.7. The summed E-state index contributed by atoms with van der Waals surface area (Å²) in [5.74, 6) is 0.464. The Hall–Kier alpha value is -0.520. The quantitative estimate of drug-likeness (QED) is 0.779. The number of thioether (sulfide) groups is 1. The van der Waals surface area contributed by atoms with E-state index < -0.39 is 10.0 Å². The van der Waals surface area contributed by atoms with Gasteiger partial charge in [0.2, 0.25) is 0 Å². The molecule has 0 spiro atoms. The molecule has 1 unspecified atom stereocenters. The van der Waals surface area contributed by atoms with E-state index in [1.54, 1.807) is 24.3 Å². The third kappa shape index (κ3) is 2.12. The Kier molecular flexibility index (Phi) is 3.28. The molecule has 0 saturated heterocycles. The molecule has 0 amide bonds. The van der Waals surface area contributed by atoms with Gasteiger partial charge in [-0.05, 0) is 6.07 Å². The molecular weight excluding hydrogens is 266 g/mol. The van der Waals surface area contributed by atoms with Crippen LogP contribution in [-0.4, -0.2) is 24.6 Å². The van der Waals surface area contributed by atoms with E-state index in [9.17, 15) is 8.42 Å². The van der Waals surface area contributed by atoms with Crippen molar-refractivity contribution in [2.75, 3.05) is 5.88 Å². The van der Waals surface area contributed by atoms with Crippen molar-refractivity contribution >= 4 is 38.4 Å². The number of sulfonamides is 1. The van der Waals surface area contributed by atoms with Gasteiger partial charge in [-0.2, -0.15) is 12.8 Å². The molecule has 0 radical (unpaired) electrons. The molecule has 1 aromatic carbocycles. The molecule has 16 heavy (non-hydrogen) atoms. The second-order valence-electron chi connectivity index (χ2n) is 3.45. The molecule has 1 aliphatic heterocycles. The van der Waals surface area contributed by atoms with Gasteiger partial charge in [-0.15, -0.1) is 23.4 Å².